The number of carbonyl (C=O) groups excluding carboxylic acids is 1. The van der Waals surface area contributed by atoms with Gasteiger partial charge in [-0.3, -0.25) is 4.72 Å². The van der Waals surface area contributed by atoms with E-state index in [9.17, 15) is 9.90 Å². The normalized spacial score (nSPS) is 20.2. The fourth-order valence-electron chi connectivity index (χ4n) is 4.93. The Morgan fingerprint density at radius 3 is 2.50 bits per heavy atom. The summed E-state index contributed by atoms with van der Waals surface area (Å²) in [5, 5.41) is 14.0. The molecule has 1 aromatic carbocycles. The highest BCUT2D eigenvalue weighted by molar-refractivity contribution is 7.97. The molecule has 148 valence electrons. The van der Waals surface area contributed by atoms with Gasteiger partial charge in [0.25, 0.3) is 0 Å². The molecule has 1 aromatic heterocycles. The highest BCUT2D eigenvalue weighted by atomic mass is 32.2. The van der Waals surface area contributed by atoms with E-state index in [-0.39, 0.29) is 6.03 Å². The number of hydrogen-bond donors (Lipinski definition) is 3. The average molecular weight is 399 g/mol. The molecular formula is C22H26N2O3S. The van der Waals surface area contributed by atoms with Crippen molar-refractivity contribution in [2.24, 2.45) is 0 Å². The van der Waals surface area contributed by atoms with E-state index in [1.165, 1.54) is 47.0 Å². The molecule has 5 nitrogen and oxygen atoms in total. The summed E-state index contributed by atoms with van der Waals surface area (Å²) in [5.41, 5.74) is 7.40. The number of furan rings is 1. The van der Waals surface area contributed by atoms with Crippen LogP contribution in [0.1, 0.15) is 71.8 Å². The van der Waals surface area contributed by atoms with Crippen LogP contribution < -0.4 is 10.0 Å². The number of aliphatic hydroxyl groups is 1. The number of benzene rings is 1. The third-order valence-corrected chi connectivity index (χ3v) is 6.96. The van der Waals surface area contributed by atoms with E-state index in [0.29, 0.717) is 5.09 Å². The lowest BCUT2D eigenvalue weighted by Crippen LogP contribution is -2.24. The van der Waals surface area contributed by atoms with E-state index >= 15 is 0 Å². The van der Waals surface area contributed by atoms with E-state index in [2.05, 4.69) is 16.1 Å². The van der Waals surface area contributed by atoms with Crippen LogP contribution in [0.2, 0.25) is 0 Å². The zero-order valence-electron chi connectivity index (χ0n) is 16.0. The first-order valence-electron chi connectivity index (χ1n) is 10.4. The van der Waals surface area contributed by atoms with Crippen molar-refractivity contribution in [3.05, 3.63) is 45.7 Å². The van der Waals surface area contributed by atoms with Crippen molar-refractivity contribution in [2.75, 3.05) is 5.32 Å². The summed E-state index contributed by atoms with van der Waals surface area (Å²) in [6.07, 6.45) is 9.88. The van der Waals surface area contributed by atoms with Gasteiger partial charge in [-0.25, -0.2) is 4.79 Å². The van der Waals surface area contributed by atoms with Crippen LogP contribution >= 0.6 is 11.9 Å². The minimum atomic E-state index is -0.459. The van der Waals surface area contributed by atoms with E-state index < -0.39 is 6.10 Å². The Morgan fingerprint density at radius 2 is 1.75 bits per heavy atom. The minimum Gasteiger partial charge on any atom is -0.453 e. The standard InChI is InChI=1S/C22H26N2O3S/c25-18-9-1-2-10-19-17(18)12-20(27-19)28-24-22(26)23-21-15-7-3-5-13(15)11-14-6-4-8-16(14)21/h11-12,18,25H,1-10H2,(H2,23,24,26). The number of anilines is 1. The first-order chi connectivity index (χ1) is 13.7. The van der Waals surface area contributed by atoms with Gasteiger partial charge in [0.05, 0.1) is 6.10 Å². The van der Waals surface area contributed by atoms with Crippen molar-refractivity contribution in [3.63, 3.8) is 0 Å². The number of rotatable bonds is 3. The van der Waals surface area contributed by atoms with Crippen LogP contribution in [-0.4, -0.2) is 11.1 Å². The van der Waals surface area contributed by atoms with E-state index in [1.54, 1.807) is 0 Å². The van der Waals surface area contributed by atoms with Crippen LogP contribution in [0.15, 0.2) is 21.6 Å². The Hall–Kier alpha value is -1.92. The predicted octanol–water partition coefficient (Wildman–Crippen LogP) is 4.85. The van der Waals surface area contributed by atoms with Crippen LogP contribution in [-0.2, 0) is 32.1 Å². The molecule has 3 aliphatic carbocycles. The highest BCUT2D eigenvalue weighted by Crippen LogP contribution is 2.39. The molecule has 0 aliphatic heterocycles. The van der Waals surface area contributed by atoms with Gasteiger partial charge >= 0.3 is 6.03 Å². The van der Waals surface area contributed by atoms with Gasteiger partial charge in [-0.2, -0.15) is 0 Å². The average Bonchev–Trinajstić information content (AvgIpc) is 3.40. The quantitative estimate of drug-likeness (QED) is 0.511. The lowest BCUT2D eigenvalue weighted by atomic mass is 9.99. The summed E-state index contributed by atoms with van der Waals surface area (Å²) in [7, 11) is 0. The molecule has 0 spiro atoms. The number of nitrogens with one attached hydrogen (secondary N) is 2. The van der Waals surface area contributed by atoms with E-state index in [0.717, 1.165) is 68.4 Å². The summed E-state index contributed by atoms with van der Waals surface area (Å²) in [4.78, 5) is 12.6. The predicted molar refractivity (Wildman–Crippen MR) is 110 cm³/mol. The number of amides is 2. The van der Waals surface area contributed by atoms with Crippen LogP contribution in [0.25, 0.3) is 0 Å². The molecule has 0 bridgehead atoms. The zero-order chi connectivity index (χ0) is 19.1. The third kappa shape index (κ3) is 3.33. The monoisotopic (exact) mass is 398 g/mol. The number of aliphatic hydroxyl groups excluding tert-OH is 1. The second kappa shape index (κ2) is 7.48. The maximum atomic E-state index is 12.6. The molecule has 2 amide bonds. The van der Waals surface area contributed by atoms with Gasteiger partial charge < -0.3 is 14.8 Å². The van der Waals surface area contributed by atoms with Gasteiger partial charge in [0.15, 0.2) is 5.09 Å². The van der Waals surface area contributed by atoms with Crippen molar-refractivity contribution in [3.8, 4) is 0 Å². The topological polar surface area (TPSA) is 74.5 Å². The molecule has 0 saturated heterocycles. The fourth-order valence-corrected chi connectivity index (χ4v) is 5.50. The number of fused-ring (bicyclic) bond motifs is 3. The number of hydrogen-bond acceptors (Lipinski definition) is 4. The molecule has 0 saturated carbocycles. The lowest BCUT2D eigenvalue weighted by molar-refractivity contribution is 0.166. The van der Waals surface area contributed by atoms with Crippen LogP contribution in [0, 0.1) is 0 Å². The SMILES string of the molecule is O=C(NSc1cc2c(o1)CCCCC2O)Nc1c2c(cc3c1CCC3)CCC2. The molecular weight excluding hydrogens is 372 g/mol. The maximum absolute atomic E-state index is 12.6. The van der Waals surface area contributed by atoms with Gasteiger partial charge in [-0.15, -0.1) is 0 Å². The van der Waals surface area contributed by atoms with Crippen molar-refractivity contribution in [1.82, 2.24) is 4.72 Å². The number of carbonyl (C=O) groups is 1. The molecule has 5 rings (SSSR count). The van der Waals surface area contributed by atoms with Crippen molar-refractivity contribution >= 4 is 23.7 Å². The maximum Gasteiger partial charge on any atom is 0.329 e. The molecule has 2 aromatic rings. The van der Waals surface area contributed by atoms with Gasteiger partial charge in [-0.1, -0.05) is 12.5 Å². The molecule has 0 fully saturated rings. The molecule has 3 aliphatic rings. The van der Waals surface area contributed by atoms with Gasteiger partial charge in [-0.05, 0) is 79.7 Å². The van der Waals surface area contributed by atoms with Crippen molar-refractivity contribution < 1.29 is 14.3 Å². The largest absolute Gasteiger partial charge is 0.453 e. The summed E-state index contributed by atoms with van der Waals surface area (Å²) in [5.74, 6) is 0.855. The molecule has 1 heterocycles. The van der Waals surface area contributed by atoms with Gasteiger partial charge in [0.2, 0.25) is 0 Å². The van der Waals surface area contributed by atoms with Gasteiger partial charge in [0.1, 0.15) is 5.76 Å². The first-order valence-corrected chi connectivity index (χ1v) is 11.2. The molecule has 28 heavy (non-hydrogen) atoms. The summed E-state index contributed by atoms with van der Waals surface area (Å²) in [6.45, 7) is 0. The highest BCUT2D eigenvalue weighted by Gasteiger charge is 2.25. The first kappa shape index (κ1) is 18.1. The summed E-state index contributed by atoms with van der Waals surface area (Å²) >= 11 is 1.18. The Bertz CT molecular complexity index is 889. The molecule has 1 atom stereocenters. The Labute approximate surface area is 169 Å². The number of aryl methyl sites for hydroxylation is 3. The van der Waals surface area contributed by atoms with Crippen molar-refractivity contribution in [2.45, 2.75) is 75.4 Å². The molecule has 1 unspecified atom stereocenters. The fraction of sp³-hybridized carbons (Fsp3) is 0.500. The van der Waals surface area contributed by atoms with Crippen molar-refractivity contribution in [1.29, 1.82) is 0 Å². The Kier molecular flexibility index (Phi) is 4.85. The third-order valence-electron chi connectivity index (χ3n) is 6.27. The zero-order valence-corrected chi connectivity index (χ0v) is 16.8. The van der Waals surface area contributed by atoms with E-state index in [4.69, 9.17) is 4.42 Å². The molecule has 0 radical (unpaired) electrons. The van der Waals surface area contributed by atoms with Crippen LogP contribution in [0.4, 0.5) is 10.5 Å². The molecule has 6 heteroatoms. The van der Waals surface area contributed by atoms with Crippen LogP contribution in [0.3, 0.4) is 0 Å². The Morgan fingerprint density at radius 1 is 1.00 bits per heavy atom. The van der Waals surface area contributed by atoms with Crippen LogP contribution in [0.5, 0.6) is 0 Å². The lowest BCUT2D eigenvalue weighted by Gasteiger charge is -2.16. The number of urea groups is 1. The Balaban J connectivity index is 1.29. The second-order valence-electron chi connectivity index (χ2n) is 8.10. The summed E-state index contributed by atoms with van der Waals surface area (Å²) < 4.78 is 8.73. The second-order valence-corrected chi connectivity index (χ2v) is 8.91. The van der Waals surface area contributed by atoms with E-state index in [1.807, 2.05) is 6.07 Å². The van der Waals surface area contributed by atoms with Gasteiger partial charge in [0, 0.05) is 29.6 Å². The summed E-state index contributed by atoms with van der Waals surface area (Å²) in [6, 6.07) is 4.02. The smallest absolute Gasteiger partial charge is 0.329 e. The molecule has 3 N–H and O–H groups in total. The minimum absolute atomic E-state index is 0.216.